The SMILES string of the molecule is C=C(C(F)c1cc(C(=O)Nc2ccc(F)c(F)c2)ccc1F)N1CCC(O)CC1. The van der Waals surface area contributed by atoms with Crippen molar-refractivity contribution < 1.29 is 27.5 Å². The monoisotopic (exact) mass is 408 g/mol. The first-order chi connectivity index (χ1) is 13.8. The number of hydrogen-bond donors (Lipinski definition) is 2. The van der Waals surface area contributed by atoms with Crippen LogP contribution >= 0.6 is 0 Å². The lowest BCUT2D eigenvalue weighted by Crippen LogP contribution is -2.36. The number of halogens is 4. The standard InChI is InChI=1S/C21H20F4N2O2/c1-12(27-8-6-15(28)7-9-27)20(25)16-10-13(2-4-17(16)22)21(29)26-14-3-5-18(23)19(24)11-14/h2-5,10-11,15,20,28H,1,6-9H2,(H,26,29). The number of aliphatic hydroxyl groups is 1. The van der Waals surface area contributed by atoms with E-state index in [1.54, 1.807) is 4.90 Å². The van der Waals surface area contributed by atoms with Gasteiger partial charge in [-0.15, -0.1) is 0 Å². The zero-order valence-electron chi connectivity index (χ0n) is 15.5. The topological polar surface area (TPSA) is 52.6 Å². The van der Waals surface area contributed by atoms with Gasteiger partial charge in [-0.2, -0.15) is 0 Å². The van der Waals surface area contributed by atoms with Crippen molar-refractivity contribution in [2.75, 3.05) is 18.4 Å². The van der Waals surface area contributed by atoms with Crippen LogP contribution in [0.15, 0.2) is 48.7 Å². The highest BCUT2D eigenvalue weighted by Crippen LogP contribution is 2.31. The first kappa shape index (κ1) is 20.9. The van der Waals surface area contributed by atoms with E-state index in [9.17, 15) is 27.5 Å². The minimum Gasteiger partial charge on any atom is -0.393 e. The zero-order valence-corrected chi connectivity index (χ0v) is 15.5. The number of hydrogen-bond acceptors (Lipinski definition) is 3. The van der Waals surface area contributed by atoms with Gasteiger partial charge in [0.05, 0.1) is 6.10 Å². The van der Waals surface area contributed by atoms with Crippen molar-refractivity contribution in [1.29, 1.82) is 0 Å². The smallest absolute Gasteiger partial charge is 0.255 e. The van der Waals surface area contributed by atoms with Gasteiger partial charge in [0.15, 0.2) is 17.8 Å². The maximum absolute atomic E-state index is 15.0. The average molecular weight is 408 g/mol. The number of benzene rings is 2. The summed E-state index contributed by atoms with van der Waals surface area (Å²) in [6.45, 7) is 4.51. The van der Waals surface area contributed by atoms with E-state index in [-0.39, 0.29) is 22.5 Å². The number of amides is 1. The van der Waals surface area contributed by atoms with Crippen molar-refractivity contribution in [3.8, 4) is 0 Å². The number of piperidine rings is 1. The second-order valence-electron chi connectivity index (χ2n) is 6.89. The Morgan fingerprint density at radius 2 is 1.72 bits per heavy atom. The quantitative estimate of drug-likeness (QED) is 0.724. The summed E-state index contributed by atoms with van der Waals surface area (Å²) in [4.78, 5) is 14.0. The van der Waals surface area contributed by atoms with Crippen LogP contribution in [0.4, 0.5) is 23.2 Å². The molecule has 8 heteroatoms. The largest absolute Gasteiger partial charge is 0.393 e. The number of alkyl halides is 1. The molecule has 29 heavy (non-hydrogen) atoms. The fourth-order valence-corrected chi connectivity index (χ4v) is 3.15. The van der Waals surface area contributed by atoms with E-state index in [2.05, 4.69) is 11.9 Å². The lowest BCUT2D eigenvalue weighted by Gasteiger charge is -2.34. The van der Waals surface area contributed by atoms with Gasteiger partial charge in [-0.1, -0.05) is 6.58 Å². The molecule has 3 rings (SSSR count). The minimum absolute atomic E-state index is 0.00728. The van der Waals surface area contributed by atoms with Gasteiger partial charge in [0, 0.05) is 41.7 Å². The van der Waals surface area contributed by atoms with Crippen LogP contribution in [0.5, 0.6) is 0 Å². The van der Waals surface area contributed by atoms with Crippen molar-refractivity contribution in [3.05, 3.63) is 77.3 Å². The van der Waals surface area contributed by atoms with E-state index < -0.39 is 35.6 Å². The molecule has 0 aliphatic carbocycles. The van der Waals surface area contributed by atoms with Crippen LogP contribution in [0.3, 0.4) is 0 Å². The number of nitrogens with zero attached hydrogens (tertiary/aromatic N) is 1. The van der Waals surface area contributed by atoms with Crippen molar-refractivity contribution in [2.45, 2.75) is 25.1 Å². The third-order valence-corrected chi connectivity index (χ3v) is 4.87. The molecule has 2 aromatic carbocycles. The summed E-state index contributed by atoms with van der Waals surface area (Å²) in [5.74, 6) is -3.75. The molecule has 1 fully saturated rings. The van der Waals surface area contributed by atoms with Crippen molar-refractivity contribution >= 4 is 11.6 Å². The van der Waals surface area contributed by atoms with Gasteiger partial charge in [0.1, 0.15) is 5.82 Å². The fraction of sp³-hybridized carbons (Fsp3) is 0.286. The molecule has 154 valence electrons. The molecular formula is C21H20F4N2O2. The molecule has 0 bridgehead atoms. The van der Waals surface area contributed by atoms with Gasteiger partial charge in [0.2, 0.25) is 0 Å². The van der Waals surface area contributed by atoms with Crippen LogP contribution in [0.1, 0.15) is 34.9 Å². The maximum Gasteiger partial charge on any atom is 0.255 e. The Kier molecular flexibility index (Phi) is 6.22. The molecule has 1 atom stereocenters. The van der Waals surface area contributed by atoms with Crippen molar-refractivity contribution in [3.63, 3.8) is 0 Å². The summed E-state index contributed by atoms with van der Waals surface area (Å²) < 4.78 is 55.5. The van der Waals surface area contributed by atoms with Crippen LogP contribution in [0.25, 0.3) is 0 Å². The van der Waals surface area contributed by atoms with E-state index in [1.807, 2.05) is 0 Å². The third kappa shape index (κ3) is 4.76. The number of nitrogens with one attached hydrogen (secondary N) is 1. The number of allylic oxidation sites excluding steroid dienone is 1. The summed E-state index contributed by atoms with van der Waals surface area (Å²) >= 11 is 0. The molecule has 2 N–H and O–H groups in total. The Morgan fingerprint density at radius 3 is 2.38 bits per heavy atom. The highest BCUT2D eigenvalue weighted by molar-refractivity contribution is 6.04. The predicted molar refractivity (Wildman–Crippen MR) is 101 cm³/mol. The molecule has 1 aliphatic rings. The van der Waals surface area contributed by atoms with Gasteiger partial charge >= 0.3 is 0 Å². The van der Waals surface area contributed by atoms with Crippen LogP contribution in [-0.4, -0.2) is 35.1 Å². The fourth-order valence-electron chi connectivity index (χ4n) is 3.15. The highest BCUT2D eigenvalue weighted by atomic mass is 19.2. The summed E-state index contributed by atoms with van der Waals surface area (Å²) in [5, 5.41) is 11.9. The number of aliphatic hydroxyl groups excluding tert-OH is 1. The Labute approximate surface area is 165 Å². The van der Waals surface area contributed by atoms with Crippen molar-refractivity contribution in [1.82, 2.24) is 4.90 Å². The predicted octanol–water partition coefficient (Wildman–Crippen LogP) is 4.34. The van der Waals surface area contributed by atoms with E-state index in [4.69, 9.17) is 0 Å². The number of carbonyl (C=O) groups is 1. The summed E-state index contributed by atoms with van der Waals surface area (Å²) in [5.41, 5.74) is -0.337. The molecule has 1 amide bonds. The molecule has 1 saturated heterocycles. The van der Waals surface area contributed by atoms with Crippen LogP contribution in [0.2, 0.25) is 0 Å². The van der Waals surface area contributed by atoms with Crippen LogP contribution in [0, 0.1) is 17.5 Å². The third-order valence-electron chi connectivity index (χ3n) is 4.87. The first-order valence-electron chi connectivity index (χ1n) is 9.08. The molecule has 0 spiro atoms. The molecule has 0 radical (unpaired) electrons. The molecule has 0 saturated carbocycles. The Hall–Kier alpha value is -2.87. The van der Waals surface area contributed by atoms with E-state index >= 15 is 0 Å². The summed E-state index contributed by atoms with van der Waals surface area (Å²) in [6.07, 6.45) is -1.39. The summed E-state index contributed by atoms with van der Waals surface area (Å²) in [6, 6.07) is 6.04. The summed E-state index contributed by atoms with van der Waals surface area (Å²) in [7, 11) is 0. The van der Waals surface area contributed by atoms with Crippen LogP contribution < -0.4 is 5.32 Å². The minimum atomic E-state index is -1.87. The number of likely N-dealkylation sites (tertiary alicyclic amines) is 1. The Balaban J connectivity index is 1.77. The van der Waals surface area contributed by atoms with E-state index in [1.165, 1.54) is 12.1 Å². The first-order valence-corrected chi connectivity index (χ1v) is 9.08. The molecule has 2 aromatic rings. The maximum atomic E-state index is 15.0. The molecule has 4 nitrogen and oxygen atoms in total. The molecule has 1 unspecified atom stereocenters. The molecule has 1 aliphatic heterocycles. The molecular weight excluding hydrogens is 388 g/mol. The van der Waals surface area contributed by atoms with Gasteiger partial charge in [-0.05, 0) is 43.2 Å². The Morgan fingerprint density at radius 1 is 1.07 bits per heavy atom. The van der Waals surface area contributed by atoms with E-state index in [0.717, 1.165) is 24.3 Å². The average Bonchev–Trinajstić information content (AvgIpc) is 2.70. The van der Waals surface area contributed by atoms with E-state index in [0.29, 0.717) is 25.9 Å². The lowest BCUT2D eigenvalue weighted by molar-refractivity contribution is 0.0893. The van der Waals surface area contributed by atoms with Gasteiger partial charge in [-0.25, -0.2) is 17.6 Å². The van der Waals surface area contributed by atoms with Gasteiger partial charge < -0.3 is 15.3 Å². The lowest BCUT2D eigenvalue weighted by atomic mass is 10.0. The van der Waals surface area contributed by atoms with Crippen LogP contribution in [-0.2, 0) is 0 Å². The highest BCUT2D eigenvalue weighted by Gasteiger charge is 2.26. The molecule has 1 heterocycles. The number of carbonyl (C=O) groups excluding carboxylic acids is 1. The van der Waals surface area contributed by atoms with Gasteiger partial charge in [0.25, 0.3) is 5.91 Å². The van der Waals surface area contributed by atoms with Crippen molar-refractivity contribution in [2.24, 2.45) is 0 Å². The number of rotatable bonds is 5. The van der Waals surface area contributed by atoms with Gasteiger partial charge in [-0.3, -0.25) is 4.79 Å². The second kappa shape index (κ2) is 8.65. The molecule has 0 aromatic heterocycles. The zero-order chi connectivity index (χ0) is 21.1. The Bertz CT molecular complexity index is 927. The normalized spacial score (nSPS) is 15.8. The number of anilines is 1. The second-order valence-corrected chi connectivity index (χ2v) is 6.89.